The first kappa shape index (κ1) is 16.3. The summed E-state index contributed by atoms with van der Waals surface area (Å²) >= 11 is 0. The molecule has 6 heteroatoms. The van der Waals surface area contributed by atoms with Gasteiger partial charge in [0, 0.05) is 12.5 Å². The second-order valence-corrected chi connectivity index (χ2v) is 8.49. The summed E-state index contributed by atoms with van der Waals surface area (Å²) in [5, 5.41) is 3.16. The maximum Gasteiger partial charge on any atom is 0.232 e. The van der Waals surface area contributed by atoms with Crippen molar-refractivity contribution in [1.29, 1.82) is 0 Å². The first-order chi connectivity index (χ1) is 11.0. The maximum absolute atomic E-state index is 12.5. The summed E-state index contributed by atoms with van der Waals surface area (Å²) in [4.78, 5) is 12.5. The third-order valence-corrected chi connectivity index (χ3v) is 6.07. The van der Waals surface area contributed by atoms with Gasteiger partial charge in [-0.1, -0.05) is 37.5 Å². The number of hydrogen-bond acceptors (Lipinski definition) is 3. The first-order valence-corrected chi connectivity index (χ1v) is 10.2. The summed E-state index contributed by atoms with van der Waals surface area (Å²) in [6, 6.07) is 7.36. The van der Waals surface area contributed by atoms with Crippen LogP contribution in [0.1, 0.15) is 50.1 Å². The van der Waals surface area contributed by atoms with Crippen molar-refractivity contribution in [3.8, 4) is 0 Å². The Hall–Kier alpha value is -1.56. The maximum atomic E-state index is 12.5. The van der Waals surface area contributed by atoms with Crippen LogP contribution >= 0.6 is 0 Å². The Kier molecular flexibility index (Phi) is 4.62. The van der Waals surface area contributed by atoms with Gasteiger partial charge in [-0.25, -0.2) is 8.42 Å². The number of anilines is 1. The molecule has 23 heavy (non-hydrogen) atoms. The molecule has 3 rings (SSSR count). The van der Waals surface area contributed by atoms with Crippen molar-refractivity contribution < 1.29 is 13.2 Å². The van der Waals surface area contributed by atoms with Crippen LogP contribution in [0.25, 0.3) is 0 Å². The Balaban J connectivity index is 1.80. The zero-order chi connectivity index (χ0) is 16.4. The molecule has 1 aromatic carbocycles. The zero-order valence-corrected chi connectivity index (χ0v) is 14.3. The molecule has 1 saturated carbocycles. The Morgan fingerprint density at radius 1 is 1.13 bits per heavy atom. The van der Waals surface area contributed by atoms with E-state index in [2.05, 4.69) is 5.32 Å². The van der Waals surface area contributed by atoms with Gasteiger partial charge in [0.2, 0.25) is 15.9 Å². The lowest BCUT2D eigenvalue weighted by molar-refractivity contribution is -0.126. The molecule has 1 aromatic rings. The van der Waals surface area contributed by atoms with Crippen LogP contribution in [0.15, 0.2) is 24.3 Å². The van der Waals surface area contributed by atoms with Gasteiger partial charge in [-0.2, -0.15) is 0 Å². The van der Waals surface area contributed by atoms with Crippen molar-refractivity contribution >= 4 is 21.6 Å². The summed E-state index contributed by atoms with van der Waals surface area (Å²) in [5.74, 6) is 0.237. The van der Waals surface area contributed by atoms with Gasteiger partial charge < -0.3 is 5.32 Å². The van der Waals surface area contributed by atoms with Gasteiger partial charge in [-0.05, 0) is 30.9 Å². The Bertz CT molecular complexity index is 681. The Morgan fingerprint density at radius 2 is 1.83 bits per heavy atom. The molecule has 0 saturated heterocycles. The summed E-state index contributed by atoms with van der Waals surface area (Å²) in [6.07, 6.45) is 7.25. The van der Waals surface area contributed by atoms with Crippen molar-refractivity contribution in [3.05, 3.63) is 29.8 Å². The molecule has 126 valence electrons. The number of fused-ring (bicyclic) bond motifs is 1. The number of hydrogen-bond donors (Lipinski definition) is 1. The molecule has 0 spiro atoms. The van der Waals surface area contributed by atoms with E-state index in [-0.39, 0.29) is 17.9 Å². The predicted octanol–water partition coefficient (Wildman–Crippen LogP) is 2.59. The van der Waals surface area contributed by atoms with E-state index in [0.29, 0.717) is 18.7 Å². The average molecular weight is 336 g/mol. The second-order valence-electron chi connectivity index (χ2n) is 6.58. The van der Waals surface area contributed by atoms with Crippen LogP contribution in [-0.2, 0) is 14.8 Å². The van der Waals surface area contributed by atoms with Gasteiger partial charge in [-0.15, -0.1) is 0 Å². The van der Waals surface area contributed by atoms with Crippen LogP contribution in [-0.4, -0.2) is 27.1 Å². The lowest BCUT2D eigenvalue weighted by Gasteiger charge is -2.35. The minimum Gasteiger partial charge on any atom is -0.349 e. The zero-order valence-electron chi connectivity index (χ0n) is 13.5. The molecular weight excluding hydrogens is 312 g/mol. The molecule has 2 aliphatic rings. The highest BCUT2D eigenvalue weighted by Crippen LogP contribution is 2.35. The number of carbonyl (C=O) groups is 1. The number of para-hydroxylation sites is 1. The largest absolute Gasteiger partial charge is 0.349 e. The number of nitrogens with one attached hydrogen (secondary N) is 1. The van der Waals surface area contributed by atoms with Gasteiger partial charge in [0.25, 0.3) is 0 Å². The fourth-order valence-corrected chi connectivity index (χ4v) is 4.64. The first-order valence-electron chi connectivity index (χ1n) is 8.34. The van der Waals surface area contributed by atoms with Crippen molar-refractivity contribution in [2.45, 2.75) is 44.6 Å². The lowest BCUT2D eigenvalue weighted by Crippen LogP contribution is -2.42. The van der Waals surface area contributed by atoms with Crippen LogP contribution in [0.2, 0.25) is 0 Å². The minimum atomic E-state index is -3.29. The summed E-state index contributed by atoms with van der Waals surface area (Å²) in [5.41, 5.74) is 1.59. The summed E-state index contributed by atoms with van der Waals surface area (Å²) in [6.45, 7) is 0.408. The van der Waals surface area contributed by atoms with Gasteiger partial charge in [-0.3, -0.25) is 9.10 Å². The minimum absolute atomic E-state index is 0.0985. The van der Waals surface area contributed by atoms with E-state index in [0.717, 1.165) is 31.2 Å². The van der Waals surface area contributed by atoms with Crippen LogP contribution in [0, 0.1) is 5.92 Å². The Morgan fingerprint density at radius 3 is 2.52 bits per heavy atom. The van der Waals surface area contributed by atoms with E-state index in [4.69, 9.17) is 0 Å². The van der Waals surface area contributed by atoms with E-state index in [1.165, 1.54) is 17.0 Å². The molecule has 1 fully saturated rings. The SMILES string of the molecule is CS(=O)(=O)N1CCC(NC(=O)C2CCCCC2)c2ccccc21. The fraction of sp³-hybridized carbons (Fsp3) is 0.588. The molecule has 1 unspecified atom stereocenters. The van der Waals surface area contributed by atoms with E-state index in [1.807, 2.05) is 24.3 Å². The number of nitrogens with zero attached hydrogens (tertiary/aromatic N) is 1. The average Bonchev–Trinajstić information content (AvgIpc) is 2.55. The number of rotatable bonds is 3. The third-order valence-electron chi connectivity index (χ3n) is 4.89. The molecule has 1 N–H and O–H groups in total. The topological polar surface area (TPSA) is 66.5 Å². The monoisotopic (exact) mass is 336 g/mol. The van der Waals surface area contributed by atoms with Gasteiger partial charge >= 0.3 is 0 Å². The van der Waals surface area contributed by atoms with Crippen LogP contribution in [0.4, 0.5) is 5.69 Å². The predicted molar refractivity (Wildman–Crippen MR) is 90.7 cm³/mol. The molecule has 5 nitrogen and oxygen atoms in total. The highest BCUT2D eigenvalue weighted by Gasteiger charge is 2.31. The lowest BCUT2D eigenvalue weighted by atomic mass is 9.88. The summed E-state index contributed by atoms with van der Waals surface area (Å²) in [7, 11) is -3.29. The quantitative estimate of drug-likeness (QED) is 0.922. The van der Waals surface area contributed by atoms with Crippen molar-refractivity contribution in [2.75, 3.05) is 17.1 Å². The fourth-order valence-electron chi connectivity index (χ4n) is 3.68. The van der Waals surface area contributed by atoms with Gasteiger partial charge in [0.15, 0.2) is 0 Å². The highest BCUT2D eigenvalue weighted by atomic mass is 32.2. The van der Waals surface area contributed by atoms with Crippen LogP contribution in [0.3, 0.4) is 0 Å². The van der Waals surface area contributed by atoms with E-state index in [1.54, 1.807) is 0 Å². The number of sulfonamides is 1. The van der Waals surface area contributed by atoms with E-state index >= 15 is 0 Å². The smallest absolute Gasteiger partial charge is 0.232 e. The molecule has 1 aliphatic heterocycles. The molecule has 0 radical (unpaired) electrons. The number of benzene rings is 1. The molecule has 1 aliphatic carbocycles. The van der Waals surface area contributed by atoms with Gasteiger partial charge in [0.05, 0.1) is 18.0 Å². The van der Waals surface area contributed by atoms with Gasteiger partial charge in [0.1, 0.15) is 0 Å². The molecule has 0 aromatic heterocycles. The third kappa shape index (κ3) is 3.52. The van der Waals surface area contributed by atoms with Crippen LogP contribution in [0.5, 0.6) is 0 Å². The van der Waals surface area contributed by atoms with Crippen molar-refractivity contribution in [3.63, 3.8) is 0 Å². The number of carbonyl (C=O) groups excluding carboxylic acids is 1. The number of amides is 1. The molecule has 1 atom stereocenters. The van der Waals surface area contributed by atoms with E-state index < -0.39 is 10.0 Å². The van der Waals surface area contributed by atoms with Crippen molar-refractivity contribution in [1.82, 2.24) is 5.32 Å². The van der Waals surface area contributed by atoms with Crippen molar-refractivity contribution in [2.24, 2.45) is 5.92 Å². The normalized spacial score (nSPS) is 22.5. The summed E-state index contributed by atoms with van der Waals surface area (Å²) < 4.78 is 25.4. The van der Waals surface area contributed by atoms with E-state index in [9.17, 15) is 13.2 Å². The molecule has 1 heterocycles. The standard InChI is InChI=1S/C17H24N2O3S/c1-23(21,22)19-12-11-15(14-9-5-6-10-16(14)19)18-17(20)13-7-3-2-4-8-13/h5-6,9-10,13,15H,2-4,7-8,11-12H2,1H3,(H,18,20). The molecule has 1 amide bonds. The Labute approximate surface area is 138 Å². The van der Waals surface area contributed by atoms with Crippen LogP contribution < -0.4 is 9.62 Å². The molecule has 0 bridgehead atoms. The molecular formula is C17H24N2O3S. The second kappa shape index (κ2) is 6.51. The highest BCUT2D eigenvalue weighted by molar-refractivity contribution is 7.92.